The van der Waals surface area contributed by atoms with Gasteiger partial charge in [-0.25, -0.2) is 0 Å². The second kappa shape index (κ2) is 3.29. The molecule has 2 atom stereocenters. The Balaban J connectivity index is 3.91. The van der Waals surface area contributed by atoms with Crippen LogP contribution in [0, 0.1) is 24.2 Å². The Bertz CT molecular complexity index is 141. The number of carbonyl (C=O) groups excluding carboxylic acids is 1. The van der Waals surface area contributed by atoms with Crippen LogP contribution < -0.4 is 0 Å². The zero-order valence-electron chi connectivity index (χ0n) is 6.14. The molecule has 0 heterocycles. The molecule has 50 valence electrons. The van der Waals surface area contributed by atoms with Gasteiger partial charge in [-0.15, -0.1) is 12.3 Å². The molecule has 9 heavy (non-hydrogen) atoms. The van der Waals surface area contributed by atoms with Gasteiger partial charge in [-0.2, -0.15) is 0 Å². The van der Waals surface area contributed by atoms with E-state index in [4.69, 9.17) is 6.42 Å². The number of carbonyl (C=O) groups is 1. The van der Waals surface area contributed by atoms with Crippen molar-refractivity contribution in [3.63, 3.8) is 0 Å². The fourth-order valence-corrected chi connectivity index (χ4v) is 0.496. The van der Waals surface area contributed by atoms with Gasteiger partial charge in [0, 0.05) is 11.8 Å². The van der Waals surface area contributed by atoms with Gasteiger partial charge < -0.3 is 0 Å². The number of hydrogen-bond donors (Lipinski definition) is 0. The Morgan fingerprint density at radius 1 is 1.56 bits per heavy atom. The van der Waals surface area contributed by atoms with Gasteiger partial charge in [0.2, 0.25) is 0 Å². The molecule has 0 N–H and O–H groups in total. The molecule has 0 fully saturated rings. The molecule has 0 spiro atoms. The van der Waals surface area contributed by atoms with Crippen molar-refractivity contribution in [3.8, 4) is 12.3 Å². The van der Waals surface area contributed by atoms with Crippen molar-refractivity contribution in [2.24, 2.45) is 11.8 Å². The molecule has 1 nitrogen and oxygen atoms in total. The first-order chi connectivity index (χ1) is 4.09. The van der Waals surface area contributed by atoms with Gasteiger partial charge in [-0.3, -0.25) is 4.79 Å². The summed E-state index contributed by atoms with van der Waals surface area (Å²) < 4.78 is 0. The highest BCUT2D eigenvalue weighted by atomic mass is 16.1. The standard InChI is InChI=1S/C8H12O/c1-5-6(2)7(3)8(4)9/h1,6-7H,2-4H3. The molecule has 0 saturated carbocycles. The molecule has 0 radical (unpaired) electrons. The summed E-state index contributed by atoms with van der Waals surface area (Å²) in [6, 6.07) is 0. The molecular formula is C8H12O. The van der Waals surface area contributed by atoms with Crippen molar-refractivity contribution in [3.05, 3.63) is 0 Å². The summed E-state index contributed by atoms with van der Waals surface area (Å²) in [7, 11) is 0. The van der Waals surface area contributed by atoms with Crippen LogP contribution in [-0.4, -0.2) is 5.78 Å². The molecule has 0 aromatic heterocycles. The maximum Gasteiger partial charge on any atom is 0.133 e. The molecule has 2 unspecified atom stereocenters. The fraction of sp³-hybridized carbons (Fsp3) is 0.625. The Hall–Kier alpha value is -0.770. The summed E-state index contributed by atoms with van der Waals surface area (Å²) in [5.41, 5.74) is 0. The van der Waals surface area contributed by atoms with Crippen molar-refractivity contribution < 1.29 is 4.79 Å². The third-order valence-corrected chi connectivity index (χ3v) is 1.65. The van der Waals surface area contributed by atoms with Crippen LogP contribution in [0.25, 0.3) is 0 Å². The molecule has 1 heteroatoms. The lowest BCUT2D eigenvalue weighted by atomic mass is 9.94. The quantitative estimate of drug-likeness (QED) is 0.509. The summed E-state index contributed by atoms with van der Waals surface area (Å²) >= 11 is 0. The maximum atomic E-state index is 10.6. The summed E-state index contributed by atoms with van der Waals surface area (Å²) in [4.78, 5) is 10.6. The zero-order valence-corrected chi connectivity index (χ0v) is 6.14. The molecule has 0 saturated heterocycles. The highest BCUT2D eigenvalue weighted by molar-refractivity contribution is 5.78. The molecule has 0 aromatic carbocycles. The normalized spacial score (nSPS) is 15.8. The van der Waals surface area contributed by atoms with E-state index in [0.29, 0.717) is 0 Å². The van der Waals surface area contributed by atoms with E-state index in [1.54, 1.807) is 6.92 Å². The Morgan fingerprint density at radius 3 is 2.11 bits per heavy atom. The highest BCUT2D eigenvalue weighted by Crippen LogP contribution is 2.09. The van der Waals surface area contributed by atoms with Crippen LogP contribution in [0.2, 0.25) is 0 Å². The van der Waals surface area contributed by atoms with Crippen LogP contribution in [0.1, 0.15) is 20.8 Å². The van der Waals surface area contributed by atoms with Gasteiger partial charge in [0.25, 0.3) is 0 Å². The van der Waals surface area contributed by atoms with Crippen LogP contribution in [0.4, 0.5) is 0 Å². The number of hydrogen-bond acceptors (Lipinski definition) is 1. The van der Waals surface area contributed by atoms with Crippen molar-refractivity contribution in [2.75, 3.05) is 0 Å². The minimum absolute atomic E-state index is 0.00926. The van der Waals surface area contributed by atoms with Gasteiger partial charge >= 0.3 is 0 Å². The molecule has 0 aromatic rings. The summed E-state index contributed by atoms with van der Waals surface area (Å²) in [5.74, 6) is 2.77. The topological polar surface area (TPSA) is 17.1 Å². The molecule has 0 aliphatic carbocycles. The summed E-state index contributed by atoms with van der Waals surface area (Å²) in [5, 5.41) is 0. The van der Waals surface area contributed by atoms with Crippen molar-refractivity contribution in [1.82, 2.24) is 0 Å². The van der Waals surface area contributed by atoms with Crippen LogP contribution in [0.15, 0.2) is 0 Å². The SMILES string of the molecule is C#CC(C)C(C)C(C)=O. The van der Waals surface area contributed by atoms with Gasteiger partial charge in [0.15, 0.2) is 0 Å². The Morgan fingerprint density at radius 2 is 2.00 bits per heavy atom. The van der Waals surface area contributed by atoms with E-state index in [1.165, 1.54) is 0 Å². The minimum atomic E-state index is 0.00926. The highest BCUT2D eigenvalue weighted by Gasteiger charge is 2.12. The van der Waals surface area contributed by atoms with Gasteiger partial charge in [0.05, 0.1) is 0 Å². The van der Waals surface area contributed by atoms with E-state index in [-0.39, 0.29) is 17.6 Å². The lowest BCUT2D eigenvalue weighted by molar-refractivity contribution is -0.121. The van der Waals surface area contributed by atoms with Crippen LogP contribution in [-0.2, 0) is 4.79 Å². The average molecular weight is 124 g/mol. The van der Waals surface area contributed by atoms with E-state index >= 15 is 0 Å². The molecule has 0 rings (SSSR count). The predicted molar refractivity (Wildman–Crippen MR) is 37.8 cm³/mol. The molecular weight excluding hydrogens is 112 g/mol. The molecule has 0 aliphatic heterocycles. The van der Waals surface area contributed by atoms with E-state index in [2.05, 4.69) is 5.92 Å². The lowest BCUT2D eigenvalue weighted by Gasteiger charge is -2.08. The first-order valence-corrected chi connectivity index (χ1v) is 3.06. The maximum absolute atomic E-state index is 10.6. The number of ketones is 1. The monoisotopic (exact) mass is 124 g/mol. The van der Waals surface area contributed by atoms with Gasteiger partial charge in [-0.05, 0) is 6.92 Å². The Kier molecular flexibility index (Phi) is 3.01. The summed E-state index contributed by atoms with van der Waals surface area (Å²) in [6.45, 7) is 5.30. The van der Waals surface area contributed by atoms with E-state index in [0.717, 1.165) is 0 Å². The first-order valence-electron chi connectivity index (χ1n) is 3.06. The van der Waals surface area contributed by atoms with Crippen LogP contribution in [0.3, 0.4) is 0 Å². The molecule has 0 bridgehead atoms. The predicted octanol–water partition coefficient (Wildman–Crippen LogP) is 1.48. The lowest BCUT2D eigenvalue weighted by Crippen LogP contribution is -2.13. The number of terminal acetylenes is 1. The zero-order chi connectivity index (χ0) is 7.44. The smallest absolute Gasteiger partial charge is 0.133 e. The molecule has 0 aliphatic rings. The van der Waals surface area contributed by atoms with Crippen LogP contribution in [0.5, 0.6) is 0 Å². The van der Waals surface area contributed by atoms with Crippen molar-refractivity contribution in [1.29, 1.82) is 0 Å². The largest absolute Gasteiger partial charge is 0.300 e. The van der Waals surface area contributed by atoms with E-state index in [1.807, 2.05) is 13.8 Å². The average Bonchev–Trinajstić information content (AvgIpc) is 1.84. The second-order valence-electron chi connectivity index (χ2n) is 2.35. The number of rotatable bonds is 2. The molecule has 0 amide bonds. The van der Waals surface area contributed by atoms with Gasteiger partial charge in [-0.1, -0.05) is 13.8 Å². The minimum Gasteiger partial charge on any atom is -0.300 e. The second-order valence-corrected chi connectivity index (χ2v) is 2.35. The first kappa shape index (κ1) is 8.23. The van der Waals surface area contributed by atoms with E-state index < -0.39 is 0 Å². The van der Waals surface area contributed by atoms with Gasteiger partial charge in [0.1, 0.15) is 5.78 Å². The van der Waals surface area contributed by atoms with Crippen LogP contribution >= 0.6 is 0 Å². The van der Waals surface area contributed by atoms with Crippen molar-refractivity contribution in [2.45, 2.75) is 20.8 Å². The summed E-state index contributed by atoms with van der Waals surface area (Å²) in [6.07, 6.45) is 5.11. The van der Waals surface area contributed by atoms with Crippen molar-refractivity contribution >= 4 is 5.78 Å². The van der Waals surface area contributed by atoms with E-state index in [9.17, 15) is 4.79 Å². The third-order valence-electron chi connectivity index (χ3n) is 1.65. The third kappa shape index (κ3) is 2.32. The number of Topliss-reactive ketones (excluding diaryl/α,β-unsaturated/α-hetero) is 1. The fourth-order valence-electron chi connectivity index (χ4n) is 0.496. The Labute approximate surface area is 56.5 Å².